The molecule has 0 spiro atoms. The van der Waals surface area contributed by atoms with Gasteiger partial charge in [-0.2, -0.15) is 5.10 Å². The number of benzene rings is 2. The molecule has 0 saturated carbocycles. The number of amides is 1. The average molecular weight is 455 g/mol. The van der Waals surface area contributed by atoms with Crippen molar-refractivity contribution in [2.24, 2.45) is 0 Å². The number of aryl methyl sites for hydroxylation is 3. The monoisotopic (exact) mass is 454 g/mol. The normalized spacial score (nSPS) is 12.1. The summed E-state index contributed by atoms with van der Waals surface area (Å²) >= 11 is 0. The van der Waals surface area contributed by atoms with Gasteiger partial charge in [-0.15, -0.1) is 0 Å². The van der Waals surface area contributed by atoms with E-state index in [1.54, 1.807) is 10.7 Å². The quantitative estimate of drug-likeness (QED) is 0.570. The Kier molecular flexibility index (Phi) is 6.20. The van der Waals surface area contributed by atoms with Crippen LogP contribution in [0.2, 0.25) is 0 Å². The Morgan fingerprint density at radius 1 is 1.09 bits per heavy atom. The van der Waals surface area contributed by atoms with Gasteiger partial charge in [0, 0.05) is 23.9 Å². The number of nitrogens with two attached hydrogens (primary N) is 1. The molecule has 0 aliphatic heterocycles. The molecule has 0 aliphatic carbocycles. The smallest absolute Gasteiger partial charge is 0.285 e. The van der Waals surface area contributed by atoms with E-state index in [9.17, 15) is 13.2 Å². The minimum absolute atomic E-state index is 0.0760. The highest BCUT2D eigenvalue weighted by molar-refractivity contribution is 7.90. The van der Waals surface area contributed by atoms with E-state index in [0.717, 1.165) is 16.7 Å². The summed E-state index contributed by atoms with van der Waals surface area (Å²) in [6.07, 6.45) is 2.29. The van der Waals surface area contributed by atoms with Crippen molar-refractivity contribution < 1.29 is 13.2 Å². The van der Waals surface area contributed by atoms with Gasteiger partial charge in [-0.1, -0.05) is 23.8 Å². The van der Waals surface area contributed by atoms with Gasteiger partial charge in [-0.25, -0.2) is 13.1 Å². The maximum atomic E-state index is 13.1. The predicted molar refractivity (Wildman–Crippen MR) is 126 cm³/mol. The molecule has 1 amide bonds. The van der Waals surface area contributed by atoms with Gasteiger partial charge in [0.2, 0.25) is 0 Å². The summed E-state index contributed by atoms with van der Waals surface area (Å²) in [6, 6.07) is 10.00. The van der Waals surface area contributed by atoms with E-state index in [1.807, 2.05) is 47.7 Å². The average Bonchev–Trinajstić information content (AvgIpc) is 3.09. The summed E-state index contributed by atoms with van der Waals surface area (Å²) in [7, 11) is -4.10. The van der Waals surface area contributed by atoms with Gasteiger partial charge in [0.15, 0.2) is 5.69 Å². The largest absolute Gasteiger partial charge is 0.399 e. The van der Waals surface area contributed by atoms with Crippen LogP contribution in [-0.4, -0.2) is 24.1 Å². The number of carbonyl (C=O) groups excluding carboxylic acids is 1. The molecule has 7 nitrogen and oxygen atoms in total. The number of sulfonamides is 1. The van der Waals surface area contributed by atoms with Crippen LogP contribution in [0.5, 0.6) is 0 Å². The third kappa shape index (κ3) is 5.02. The predicted octanol–water partition coefficient (Wildman–Crippen LogP) is 3.86. The lowest BCUT2D eigenvalue weighted by Crippen LogP contribution is -2.32. The third-order valence-corrected chi connectivity index (χ3v) is 6.62. The van der Waals surface area contributed by atoms with Crippen LogP contribution in [0.1, 0.15) is 59.1 Å². The first kappa shape index (κ1) is 23.5. The van der Waals surface area contributed by atoms with E-state index in [0.29, 0.717) is 17.7 Å². The maximum Gasteiger partial charge on any atom is 0.285 e. The summed E-state index contributed by atoms with van der Waals surface area (Å²) in [6.45, 7) is 12.0. The molecular formula is C24H30N4O3S. The van der Waals surface area contributed by atoms with Crippen molar-refractivity contribution >= 4 is 21.6 Å². The van der Waals surface area contributed by atoms with Crippen molar-refractivity contribution in [3.63, 3.8) is 0 Å². The Morgan fingerprint density at radius 2 is 1.72 bits per heavy atom. The molecule has 170 valence electrons. The molecule has 1 heterocycles. The minimum Gasteiger partial charge on any atom is -0.399 e. The zero-order valence-corrected chi connectivity index (χ0v) is 20.2. The lowest BCUT2D eigenvalue weighted by atomic mass is 9.94. The molecule has 2 aromatic carbocycles. The van der Waals surface area contributed by atoms with E-state index < -0.39 is 15.9 Å². The number of anilines is 1. The molecule has 0 aliphatic rings. The van der Waals surface area contributed by atoms with Crippen LogP contribution in [0, 0.1) is 20.8 Å². The summed E-state index contributed by atoms with van der Waals surface area (Å²) in [5.41, 5.74) is 10.9. The summed E-state index contributed by atoms with van der Waals surface area (Å²) < 4.78 is 29.4. The third-order valence-electron chi connectivity index (χ3n) is 5.30. The zero-order valence-electron chi connectivity index (χ0n) is 19.4. The highest BCUT2D eigenvalue weighted by atomic mass is 32.2. The second-order valence-electron chi connectivity index (χ2n) is 9.18. The molecule has 0 saturated heterocycles. The second kappa shape index (κ2) is 8.43. The summed E-state index contributed by atoms with van der Waals surface area (Å²) in [5, 5.41) is 4.47. The molecule has 0 atom stereocenters. The molecule has 3 rings (SSSR count). The fourth-order valence-corrected chi connectivity index (χ4v) is 4.67. The topological polar surface area (TPSA) is 107 Å². The molecule has 3 aromatic rings. The Hall–Kier alpha value is -3.13. The Morgan fingerprint density at radius 3 is 2.28 bits per heavy atom. The number of hydrogen-bond acceptors (Lipinski definition) is 5. The first-order valence-corrected chi connectivity index (χ1v) is 11.8. The van der Waals surface area contributed by atoms with Crippen molar-refractivity contribution in [2.75, 3.05) is 5.73 Å². The molecule has 0 unspecified atom stereocenters. The van der Waals surface area contributed by atoms with Gasteiger partial charge in [-0.05, 0) is 76.4 Å². The highest BCUT2D eigenvalue weighted by Crippen LogP contribution is 2.24. The Bertz CT molecular complexity index is 1260. The fourth-order valence-electron chi connectivity index (χ4n) is 3.66. The fraction of sp³-hybridized carbons (Fsp3) is 0.333. The van der Waals surface area contributed by atoms with E-state index >= 15 is 0 Å². The van der Waals surface area contributed by atoms with Crippen LogP contribution in [0.4, 0.5) is 5.69 Å². The number of nitrogens with zero attached hydrogens (tertiary/aromatic N) is 2. The van der Waals surface area contributed by atoms with Crippen LogP contribution in [0.25, 0.3) is 0 Å². The second-order valence-corrected chi connectivity index (χ2v) is 10.9. The van der Waals surface area contributed by atoms with Crippen LogP contribution in [0.15, 0.2) is 47.5 Å². The van der Waals surface area contributed by atoms with Gasteiger partial charge in [0.1, 0.15) is 0 Å². The van der Waals surface area contributed by atoms with Crippen molar-refractivity contribution in [3.05, 3.63) is 76.1 Å². The maximum absolute atomic E-state index is 13.1. The standard InChI is InChI=1S/C24H30N4O3S/c1-15-10-16(2)21(17(3)11-15)12-18-14-28(24(4,5)6)26-22(18)23(29)27-32(30,31)20-9-7-8-19(25)13-20/h7-11,13-14H,12,25H2,1-6H3,(H,27,29). The van der Waals surface area contributed by atoms with Crippen molar-refractivity contribution in [1.29, 1.82) is 0 Å². The Balaban J connectivity index is 2.02. The van der Waals surface area contributed by atoms with E-state index in [4.69, 9.17) is 5.73 Å². The van der Waals surface area contributed by atoms with Gasteiger partial charge in [0.25, 0.3) is 15.9 Å². The number of nitrogen functional groups attached to an aromatic ring is 1. The molecule has 0 radical (unpaired) electrons. The summed E-state index contributed by atoms with van der Waals surface area (Å²) in [5.74, 6) is -0.771. The number of carbonyl (C=O) groups is 1. The summed E-state index contributed by atoms with van der Waals surface area (Å²) in [4.78, 5) is 13.0. The van der Waals surface area contributed by atoms with Crippen LogP contribution >= 0.6 is 0 Å². The van der Waals surface area contributed by atoms with Gasteiger partial charge < -0.3 is 5.73 Å². The number of hydrogen-bond donors (Lipinski definition) is 2. The van der Waals surface area contributed by atoms with E-state index in [-0.39, 0.29) is 16.1 Å². The lowest BCUT2D eigenvalue weighted by Gasteiger charge is -2.18. The van der Waals surface area contributed by atoms with Crippen LogP contribution in [-0.2, 0) is 22.0 Å². The Labute approximate surface area is 189 Å². The molecule has 0 bridgehead atoms. The lowest BCUT2D eigenvalue weighted by molar-refractivity contribution is 0.0974. The van der Waals surface area contributed by atoms with E-state index in [1.165, 1.54) is 23.8 Å². The minimum atomic E-state index is -4.10. The molecule has 3 N–H and O–H groups in total. The first-order valence-electron chi connectivity index (χ1n) is 10.4. The SMILES string of the molecule is Cc1cc(C)c(Cc2cn(C(C)(C)C)nc2C(=O)NS(=O)(=O)c2cccc(N)c2)c(C)c1. The molecule has 8 heteroatoms. The molecule has 32 heavy (non-hydrogen) atoms. The van der Waals surface area contributed by atoms with Crippen molar-refractivity contribution in [1.82, 2.24) is 14.5 Å². The first-order chi connectivity index (χ1) is 14.8. The highest BCUT2D eigenvalue weighted by Gasteiger charge is 2.26. The van der Waals surface area contributed by atoms with Crippen LogP contribution in [0.3, 0.4) is 0 Å². The molecule has 0 fully saturated rings. The zero-order chi connectivity index (χ0) is 23.8. The van der Waals surface area contributed by atoms with Crippen molar-refractivity contribution in [2.45, 2.75) is 58.4 Å². The van der Waals surface area contributed by atoms with E-state index in [2.05, 4.69) is 22.0 Å². The van der Waals surface area contributed by atoms with Gasteiger partial charge in [-0.3, -0.25) is 9.48 Å². The van der Waals surface area contributed by atoms with Gasteiger partial charge >= 0.3 is 0 Å². The number of aromatic nitrogens is 2. The number of nitrogens with one attached hydrogen (secondary N) is 1. The van der Waals surface area contributed by atoms with Crippen molar-refractivity contribution in [3.8, 4) is 0 Å². The van der Waals surface area contributed by atoms with Gasteiger partial charge in [0.05, 0.1) is 10.4 Å². The van der Waals surface area contributed by atoms with Crippen LogP contribution < -0.4 is 10.5 Å². The molecular weight excluding hydrogens is 424 g/mol. The molecule has 1 aromatic heterocycles. The number of rotatable bonds is 5.